The lowest BCUT2D eigenvalue weighted by molar-refractivity contribution is -0.144. The molecule has 3 aliphatic heterocycles. The van der Waals surface area contributed by atoms with Crippen LogP contribution in [-0.4, -0.2) is 72.1 Å². The minimum Gasteiger partial charge on any atom is -0.478 e. The standard InChI is InChI=1S/C37H44N2O5/c1-35(2)30(27-9-11-28(12-10-27)33(41)42)13-16-36(3)25-39(19-14-31(35)36)34(43)37(29-7-5-4-6-8-29)17-20-38(21-18-37)32(40)23-26-15-22-44-24-26/h4-14,26H,15-25H2,1-3H3,(H,41,42)/t26?,36-/m1/s1. The highest BCUT2D eigenvalue weighted by Crippen LogP contribution is 2.55. The van der Waals surface area contributed by atoms with Gasteiger partial charge in [0.05, 0.1) is 11.0 Å². The molecule has 2 saturated heterocycles. The molecule has 7 heteroatoms. The number of fused-ring (bicyclic) bond motifs is 1. The van der Waals surface area contributed by atoms with Gasteiger partial charge in [0.15, 0.2) is 0 Å². The van der Waals surface area contributed by atoms with Crippen molar-refractivity contribution < 1.29 is 24.2 Å². The van der Waals surface area contributed by atoms with Crippen molar-refractivity contribution in [1.82, 2.24) is 9.80 Å². The Kier molecular flexibility index (Phi) is 8.03. The quantitative estimate of drug-likeness (QED) is 0.416. The van der Waals surface area contributed by atoms with Gasteiger partial charge in [0.25, 0.3) is 0 Å². The zero-order chi connectivity index (χ0) is 31.1. The molecular formula is C37H44N2O5. The number of piperidine rings is 1. The second kappa shape index (κ2) is 11.7. The summed E-state index contributed by atoms with van der Waals surface area (Å²) in [6, 6.07) is 17.3. The van der Waals surface area contributed by atoms with Crippen molar-refractivity contribution in [2.24, 2.45) is 16.7 Å². The maximum absolute atomic E-state index is 14.7. The van der Waals surface area contributed by atoms with Crippen LogP contribution < -0.4 is 0 Å². The van der Waals surface area contributed by atoms with Gasteiger partial charge in [0.1, 0.15) is 0 Å². The van der Waals surface area contributed by atoms with Crippen molar-refractivity contribution in [3.63, 3.8) is 0 Å². The monoisotopic (exact) mass is 596 g/mol. The molecule has 0 saturated carbocycles. The molecule has 1 unspecified atom stereocenters. The molecule has 2 aromatic rings. The molecule has 2 atom stereocenters. The van der Waals surface area contributed by atoms with Gasteiger partial charge in [0.2, 0.25) is 11.8 Å². The lowest BCUT2D eigenvalue weighted by atomic mass is 9.58. The number of benzene rings is 2. The number of rotatable bonds is 6. The van der Waals surface area contributed by atoms with Crippen LogP contribution in [0.25, 0.3) is 5.57 Å². The van der Waals surface area contributed by atoms with Gasteiger partial charge >= 0.3 is 5.97 Å². The van der Waals surface area contributed by atoms with Crippen molar-refractivity contribution in [2.75, 3.05) is 39.4 Å². The molecule has 0 bridgehead atoms. The maximum atomic E-state index is 14.7. The summed E-state index contributed by atoms with van der Waals surface area (Å²) < 4.78 is 5.49. The summed E-state index contributed by atoms with van der Waals surface area (Å²) in [4.78, 5) is 43.2. The van der Waals surface area contributed by atoms with Gasteiger partial charge in [-0.2, -0.15) is 0 Å². The Hall–Kier alpha value is -3.71. The van der Waals surface area contributed by atoms with Gasteiger partial charge < -0.3 is 19.6 Å². The first kappa shape index (κ1) is 30.3. The van der Waals surface area contributed by atoms with Crippen LogP contribution >= 0.6 is 0 Å². The average Bonchev–Trinajstić information content (AvgIpc) is 3.54. The summed E-state index contributed by atoms with van der Waals surface area (Å²) in [5.74, 6) is -0.283. The van der Waals surface area contributed by atoms with Crippen molar-refractivity contribution in [3.8, 4) is 0 Å². The number of likely N-dealkylation sites (tertiary alicyclic amines) is 1. The number of amides is 2. The Morgan fingerprint density at radius 1 is 0.932 bits per heavy atom. The van der Waals surface area contributed by atoms with Crippen LogP contribution in [0.5, 0.6) is 0 Å². The maximum Gasteiger partial charge on any atom is 0.335 e. The van der Waals surface area contributed by atoms with Gasteiger partial charge in [-0.25, -0.2) is 4.79 Å². The third kappa shape index (κ3) is 5.40. The number of carbonyl (C=O) groups is 3. The fraction of sp³-hybridized carbons (Fsp3) is 0.486. The van der Waals surface area contributed by atoms with E-state index in [2.05, 4.69) is 50.0 Å². The van der Waals surface area contributed by atoms with Crippen LogP contribution in [0, 0.1) is 16.7 Å². The Labute approximate surface area is 260 Å². The van der Waals surface area contributed by atoms with Gasteiger partial charge in [-0.3, -0.25) is 9.59 Å². The zero-order valence-corrected chi connectivity index (χ0v) is 26.2. The first-order chi connectivity index (χ1) is 21.0. The van der Waals surface area contributed by atoms with E-state index in [1.54, 1.807) is 12.1 Å². The third-order valence-electron chi connectivity index (χ3n) is 10.7. The molecule has 1 aliphatic carbocycles. The van der Waals surface area contributed by atoms with Gasteiger partial charge in [0, 0.05) is 56.6 Å². The summed E-state index contributed by atoms with van der Waals surface area (Å²) in [6.07, 6.45) is 8.06. The van der Waals surface area contributed by atoms with E-state index >= 15 is 0 Å². The highest BCUT2D eigenvalue weighted by molar-refractivity contribution is 5.90. The minimum atomic E-state index is -0.925. The molecule has 0 spiro atoms. The normalized spacial score (nSPS) is 25.9. The summed E-state index contributed by atoms with van der Waals surface area (Å²) in [5.41, 5.74) is 3.75. The van der Waals surface area contributed by atoms with E-state index in [0.29, 0.717) is 58.0 Å². The summed E-state index contributed by atoms with van der Waals surface area (Å²) in [7, 11) is 0. The van der Waals surface area contributed by atoms with E-state index < -0.39 is 11.4 Å². The molecule has 7 nitrogen and oxygen atoms in total. The van der Waals surface area contributed by atoms with Crippen LogP contribution in [-0.2, 0) is 19.7 Å². The SMILES string of the molecule is CC1(C)C(c2ccc(C(=O)O)cc2)=CC[C@]2(C)CN(C(=O)C3(c4ccccc4)CCN(C(=O)CC4CCOC4)CC3)CC=C12. The number of aromatic carboxylic acids is 1. The van der Waals surface area contributed by atoms with E-state index in [1.807, 2.05) is 35.2 Å². The Bertz CT molecular complexity index is 1480. The largest absolute Gasteiger partial charge is 0.478 e. The molecule has 0 radical (unpaired) electrons. The molecule has 4 aliphatic rings. The summed E-state index contributed by atoms with van der Waals surface area (Å²) in [5, 5.41) is 9.34. The van der Waals surface area contributed by atoms with Crippen molar-refractivity contribution >= 4 is 23.4 Å². The predicted molar refractivity (Wildman–Crippen MR) is 170 cm³/mol. The number of hydrogen-bond acceptors (Lipinski definition) is 4. The number of allylic oxidation sites excluding steroid dienone is 2. The minimum absolute atomic E-state index is 0.161. The molecule has 0 aromatic heterocycles. The van der Waals surface area contributed by atoms with E-state index in [1.165, 1.54) is 11.1 Å². The molecule has 1 N–H and O–H groups in total. The highest BCUT2D eigenvalue weighted by atomic mass is 16.5. The van der Waals surface area contributed by atoms with E-state index in [-0.39, 0.29) is 28.2 Å². The Morgan fingerprint density at radius 3 is 2.27 bits per heavy atom. The van der Waals surface area contributed by atoms with Crippen LogP contribution in [0.4, 0.5) is 0 Å². The fourth-order valence-electron chi connectivity index (χ4n) is 8.30. The molecule has 44 heavy (non-hydrogen) atoms. The van der Waals surface area contributed by atoms with Crippen molar-refractivity contribution in [2.45, 2.75) is 58.3 Å². The third-order valence-corrected chi connectivity index (χ3v) is 10.7. The topological polar surface area (TPSA) is 87.2 Å². The number of nitrogens with zero attached hydrogens (tertiary/aromatic N) is 2. The van der Waals surface area contributed by atoms with Crippen molar-refractivity contribution in [3.05, 3.63) is 89.0 Å². The molecule has 2 aromatic carbocycles. The van der Waals surface area contributed by atoms with E-state index in [9.17, 15) is 19.5 Å². The summed E-state index contributed by atoms with van der Waals surface area (Å²) >= 11 is 0. The molecule has 2 amide bonds. The number of carboxylic acids is 1. The first-order valence-electron chi connectivity index (χ1n) is 16.0. The molecular weight excluding hydrogens is 552 g/mol. The molecule has 2 fully saturated rings. The van der Waals surface area contributed by atoms with Crippen LogP contribution in [0.1, 0.15) is 74.4 Å². The number of ether oxygens (including phenoxy) is 1. The fourth-order valence-corrected chi connectivity index (χ4v) is 8.30. The molecule has 232 valence electrons. The van der Waals surface area contributed by atoms with Crippen LogP contribution in [0.2, 0.25) is 0 Å². The Morgan fingerprint density at radius 2 is 1.64 bits per heavy atom. The van der Waals surface area contributed by atoms with Gasteiger partial charge in [-0.15, -0.1) is 0 Å². The Balaban J connectivity index is 1.22. The first-order valence-corrected chi connectivity index (χ1v) is 16.0. The van der Waals surface area contributed by atoms with E-state index in [0.717, 1.165) is 30.6 Å². The van der Waals surface area contributed by atoms with E-state index in [4.69, 9.17) is 4.74 Å². The number of carboxylic acid groups (broad SMARTS) is 1. The zero-order valence-electron chi connectivity index (χ0n) is 26.2. The lowest BCUT2D eigenvalue weighted by Crippen LogP contribution is -2.57. The van der Waals surface area contributed by atoms with Crippen LogP contribution in [0.3, 0.4) is 0 Å². The lowest BCUT2D eigenvalue weighted by Gasteiger charge is -2.52. The second-order valence-corrected chi connectivity index (χ2v) is 14.0. The summed E-state index contributed by atoms with van der Waals surface area (Å²) in [6.45, 7) is 10.5. The van der Waals surface area contributed by atoms with Gasteiger partial charge in [-0.1, -0.05) is 81.0 Å². The van der Waals surface area contributed by atoms with Gasteiger partial charge in [-0.05, 0) is 60.4 Å². The van der Waals surface area contributed by atoms with Crippen molar-refractivity contribution in [1.29, 1.82) is 0 Å². The molecule has 6 rings (SSSR count). The molecule has 3 heterocycles. The number of hydrogen-bond donors (Lipinski definition) is 1. The second-order valence-electron chi connectivity index (χ2n) is 14.0. The predicted octanol–water partition coefficient (Wildman–Crippen LogP) is 5.96. The van der Waals surface area contributed by atoms with Crippen LogP contribution in [0.15, 0.2) is 72.3 Å². The highest BCUT2D eigenvalue weighted by Gasteiger charge is 2.51. The number of carbonyl (C=O) groups excluding carboxylic acids is 2. The average molecular weight is 597 g/mol. The smallest absolute Gasteiger partial charge is 0.335 e.